The molecule has 0 aromatic heterocycles. The number of rotatable bonds is 5. The third-order valence-electron chi connectivity index (χ3n) is 5.54. The second kappa shape index (κ2) is 9.31. The van der Waals surface area contributed by atoms with Crippen LogP contribution < -0.4 is 4.90 Å². The molecular formula is C25H23Br2NO2S. The lowest BCUT2D eigenvalue weighted by Gasteiger charge is -2.31. The van der Waals surface area contributed by atoms with E-state index in [4.69, 9.17) is 0 Å². The minimum Gasteiger partial charge on any atom is -0.367 e. The first-order valence-electron chi connectivity index (χ1n) is 10.1. The van der Waals surface area contributed by atoms with Gasteiger partial charge in [-0.05, 0) is 60.4 Å². The molecule has 6 heteroatoms. The SMILES string of the molecule is Cc1cc(S(=O)(=O)c2ccc(Br)cc2)c(-c2ccccc2)c(CBr)c1N1CC=CCC1. The average molecular weight is 561 g/mol. The molecule has 0 N–H and O–H groups in total. The summed E-state index contributed by atoms with van der Waals surface area (Å²) in [5.41, 5.74) is 4.78. The van der Waals surface area contributed by atoms with Gasteiger partial charge in [-0.25, -0.2) is 8.42 Å². The second-order valence-corrected chi connectivity index (χ2v) is 11.0. The number of halogens is 2. The van der Waals surface area contributed by atoms with E-state index in [-0.39, 0.29) is 0 Å². The van der Waals surface area contributed by atoms with Crippen LogP contribution in [0.4, 0.5) is 5.69 Å². The Morgan fingerprint density at radius 2 is 1.71 bits per heavy atom. The van der Waals surface area contributed by atoms with Crippen molar-refractivity contribution in [1.29, 1.82) is 0 Å². The highest BCUT2D eigenvalue weighted by Crippen LogP contribution is 2.42. The van der Waals surface area contributed by atoms with Crippen molar-refractivity contribution in [3.05, 3.63) is 88.4 Å². The van der Waals surface area contributed by atoms with Crippen molar-refractivity contribution in [3.8, 4) is 11.1 Å². The maximum Gasteiger partial charge on any atom is 0.207 e. The van der Waals surface area contributed by atoms with Crippen molar-refractivity contribution < 1.29 is 8.42 Å². The fourth-order valence-corrected chi connectivity index (χ4v) is 6.53. The summed E-state index contributed by atoms with van der Waals surface area (Å²) in [7, 11) is -3.71. The summed E-state index contributed by atoms with van der Waals surface area (Å²) < 4.78 is 28.4. The lowest BCUT2D eigenvalue weighted by molar-refractivity contribution is 0.596. The van der Waals surface area contributed by atoms with E-state index in [0.29, 0.717) is 15.1 Å². The molecule has 0 bridgehead atoms. The van der Waals surface area contributed by atoms with Crippen LogP contribution in [0.15, 0.2) is 87.1 Å². The fourth-order valence-electron chi connectivity index (χ4n) is 4.13. The summed E-state index contributed by atoms with van der Waals surface area (Å²) in [6.45, 7) is 3.76. The molecule has 3 aromatic carbocycles. The monoisotopic (exact) mass is 559 g/mol. The number of hydrogen-bond donors (Lipinski definition) is 0. The third kappa shape index (κ3) is 4.38. The van der Waals surface area contributed by atoms with Gasteiger partial charge < -0.3 is 4.90 Å². The van der Waals surface area contributed by atoms with E-state index < -0.39 is 9.84 Å². The van der Waals surface area contributed by atoms with Crippen LogP contribution in [0.5, 0.6) is 0 Å². The molecular weight excluding hydrogens is 538 g/mol. The number of anilines is 1. The molecule has 1 heterocycles. The molecule has 0 radical (unpaired) electrons. The van der Waals surface area contributed by atoms with Crippen molar-refractivity contribution >= 4 is 47.4 Å². The number of alkyl halides is 1. The molecule has 0 saturated carbocycles. The van der Waals surface area contributed by atoms with Gasteiger partial charge in [-0.1, -0.05) is 74.3 Å². The number of nitrogens with zero attached hydrogens (tertiary/aromatic N) is 1. The van der Waals surface area contributed by atoms with Crippen molar-refractivity contribution in [1.82, 2.24) is 0 Å². The van der Waals surface area contributed by atoms with E-state index in [9.17, 15) is 8.42 Å². The Morgan fingerprint density at radius 3 is 2.32 bits per heavy atom. The second-order valence-electron chi connectivity index (χ2n) is 7.56. The molecule has 0 aliphatic carbocycles. The number of hydrogen-bond acceptors (Lipinski definition) is 3. The van der Waals surface area contributed by atoms with Gasteiger partial charge in [0.25, 0.3) is 0 Å². The van der Waals surface area contributed by atoms with E-state index in [1.54, 1.807) is 24.3 Å². The first-order chi connectivity index (χ1) is 14.9. The summed E-state index contributed by atoms with van der Waals surface area (Å²) in [5, 5.41) is 0.567. The van der Waals surface area contributed by atoms with Crippen molar-refractivity contribution in [2.24, 2.45) is 0 Å². The average Bonchev–Trinajstić information content (AvgIpc) is 2.79. The van der Waals surface area contributed by atoms with Crippen molar-refractivity contribution in [3.63, 3.8) is 0 Å². The van der Waals surface area contributed by atoms with E-state index >= 15 is 0 Å². The minimum absolute atomic E-state index is 0.293. The van der Waals surface area contributed by atoms with Gasteiger partial charge in [0, 0.05) is 34.1 Å². The zero-order valence-corrected chi connectivity index (χ0v) is 21.2. The molecule has 3 nitrogen and oxygen atoms in total. The van der Waals surface area contributed by atoms with Gasteiger partial charge >= 0.3 is 0 Å². The summed E-state index contributed by atoms with van der Waals surface area (Å²) in [4.78, 5) is 2.99. The minimum atomic E-state index is -3.71. The van der Waals surface area contributed by atoms with Gasteiger partial charge in [0.2, 0.25) is 9.84 Å². The lowest BCUT2D eigenvalue weighted by atomic mass is 9.95. The third-order valence-corrected chi connectivity index (χ3v) is 8.42. The molecule has 0 fully saturated rings. The summed E-state index contributed by atoms with van der Waals surface area (Å²) in [5.74, 6) is 0. The summed E-state index contributed by atoms with van der Waals surface area (Å²) in [6, 6.07) is 18.5. The molecule has 160 valence electrons. The molecule has 0 unspecified atom stereocenters. The predicted molar refractivity (Wildman–Crippen MR) is 135 cm³/mol. The van der Waals surface area contributed by atoms with Gasteiger partial charge in [-0.15, -0.1) is 0 Å². The first-order valence-corrected chi connectivity index (χ1v) is 13.5. The Balaban J connectivity index is 2.02. The Labute approximate surface area is 201 Å². The van der Waals surface area contributed by atoms with Gasteiger partial charge in [0.05, 0.1) is 9.79 Å². The van der Waals surface area contributed by atoms with E-state index in [1.165, 1.54) is 0 Å². The lowest BCUT2D eigenvalue weighted by Crippen LogP contribution is -2.29. The molecule has 0 saturated heterocycles. The molecule has 4 rings (SSSR count). The normalized spacial score (nSPS) is 14.1. The predicted octanol–water partition coefficient (Wildman–Crippen LogP) is 6.92. The fraction of sp³-hybridized carbons (Fsp3) is 0.200. The Hall–Kier alpha value is -1.89. The highest BCUT2D eigenvalue weighted by atomic mass is 79.9. The van der Waals surface area contributed by atoms with Crippen molar-refractivity contribution in [2.45, 2.75) is 28.5 Å². The van der Waals surface area contributed by atoms with Gasteiger partial charge in [0.15, 0.2) is 0 Å². The van der Waals surface area contributed by atoms with Crippen molar-refractivity contribution in [2.75, 3.05) is 18.0 Å². The van der Waals surface area contributed by atoms with Crippen LogP contribution in [0.3, 0.4) is 0 Å². The van der Waals surface area contributed by atoms with E-state index in [1.807, 2.05) is 43.3 Å². The van der Waals surface area contributed by atoms with Gasteiger partial charge in [-0.2, -0.15) is 0 Å². The van der Waals surface area contributed by atoms with Gasteiger partial charge in [0.1, 0.15) is 0 Å². The van der Waals surface area contributed by atoms with Crippen LogP contribution in [-0.2, 0) is 15.2 Å². The Morgan fingerprint density at radius 1 is 1.00 bits per heavy atom. The summed E-state index contributed by atoms with van der Waals surface area (Å²) in [6.07, 6.45) is 5.36. The highest BCUT2D eigenvalue weighted by molar-refractivity contribution is 9.10. The first kappa shape index (κ1) is 22.3. The maximum atomic E-state index is 13.8. The largest absolute Gasteiger partial charge is 0.367 e. The van der Waals surface area contributed by atoms with E-state index in [0.717, 1.165) is 51.9 Å². The molecule has 1 aliphatic heterocycles. The quantitative estimate of drug-likeness (QED) is 0.251. The Bertz CT molecular complexity index is 1220. The molecule has 1 aliphatic rings. The molecule has 0 atom stereocenters. The zero-order valence-electron chi connectivity index (χ0n) is 17.2. The number of sulfone groups is 1. The van der Waals surface area contributed by atoms with Crippen LogP contribution >= 0.6 is 31.9 Å². The standard InChI is InChI=1S/C25H23Br2NO2S/c1-18-16-23(31(29,30)21-12-10-20(27)11-13-21)24(19-8-4-2-5-9-19)22(17-26)25(18)28-14-6-3-7-15-28/h2-6,8-13,16H,7,14-15,17H2,1H3. The molecule has 0 amide bonds. The van der Waals surface area contributed by atoms with Crippen LogP contribution in [0.25, 0.3) is 11.1 Å². The van der Waals surface area contributed by atoms with Crippen LogP contribution in [-0.4, -0.2) is 21.5 Å². The van der Waals surface area contributed by atoms with Crippen LogP contribution in [0.1, 0.15) is 17.5 Å². The smallest absolute Gasteiger partial charge is 0.207 e. The zero-order chi connectivity index (χ0) is 22.0. The Kier molecular flexibility index (Phi) is 6.70. The van der Waals surface area contributed by atoms with Crippen LogP contribution in [0, 0.1) is 6.92 Å². The van der Waals surface area contributed by atoms with E-state index in [2.05, 4.69) is 48.9 Å². The molecule has 0 spiro atoms. The topological polar surface area (TPSA) is 37.4 Å². The highest BCUT2D eigenvalue weighted by Gasteiger charge is 2.28. The molecule has 31 heavy (non-hydrogen) atoms. The van der Waals surface area contributed by atoms with Crippen LogP contribution in [0.2, 0.25) is 0 Å². The number of benzene rings is 3. The maximum absolute atomic E-state index is 13.8. The summed E-state index contributed by atoms with van der Waals surface area (Å²) >= 11 is 7.07. The molecule has 3 aromatic rings. The van der Waals surface area contributed by atoms with Gasteiger partial charge in [-0.3, -0.25) is 0 Å². The number of aryl methyl sites for hydroxylation is 1.